The molecule has 2 nitrogen and oxygen atoms in total. The van der Waals surface area contributed by atoms with Gasteiger partial charge in [0.25, 0.3) is 0 Å². The van der Waals surface area contributed by atoms with Crippen molar-refractivity contribution in [2.24, 2.45) is 17.3 Å². The molecular formula is C19H40N2. The van der Waals surface area contributed by atoms with Gasteiger partial charge in [0.1, 0.15) is 0 Å². The van der Waals surface area contributed by atoms with Crippen molar-refractivity contribution in [3.05, 3.63) is 0 Å². The van der Waals surface area contributed by atoms with Crippen LogP contribution in [0, 0.1) is 17.3 Å². The van der Waals surface area contributed by atoms with Crippen molar-refractivity contribution >= 4 is 0 Å². The van der Waals surface area contributed by atoms with E-state index in [1.165, 1.54) is 25.7 Å². The van der Waals surface area contributed by atoms with Crippen LogP contribution in [-0.2, 0) is 0 Å². The zero-order chi connectivity index (χ0) is 16.2. The van der Waals surface area contributed by atoms with E-state index < -0.39 is 0 Å². The Bertz CT molecular complexity index is 292. The highest BCUT2D eigenvalue weighted by atomic mass is 15.2. The predicted molar refractivity (Wildman–Crippen MR) is 94.7 cm³/mol. The number of nitrogens with zero attached hydrogens (tertiary/aromatic N) is 1. The summed E-state index contributed by atoms with van der Waals surface area (Å²) in [5, 5.41) is 3.83. The lowest BCUT2D eigenvalue weighted by atomic mass is 9.69. The summed E-state index contributed by atoms with van der Waals surface area (Å²) >= 11 is 0. The molecule has 126 valence electrons. The van der Waals surface area contributed by atoms with Crippen LogP contribution in [0.15, 0.2) is 0 Å². The molecule has 0 bridgehead atoms. The Morgan fingerprint density at radius 2 is 1.76 bits per heavy atom. The van der Waals surface area contributed by atoms with E-state index >= 15 is 0 Å². The molecule has 2 heteroatoms. The van der Waals surface area contributed by atoms with Crippen LogP contribution in [0.3, 0.4) is 0 Å². The first-order valence-electron chi connectivity index (χ1n) is 9.13. The van der Waals surface area contributed by atoms with E-state index in [-0.39, 0.29) is 0 Å². The van der Waals surface area contributed by atoms with Crippen LogP contribution in [0.4, 0.5) is 0 Å². The molecule has 0 radical (unpaired) electrons. The van der Waals surface area contributed by atoms with Crippen molar-refractivity contribution < 1.29 is 0 Å². The molecule has 0 saturated heterocycles. The summed E-state index contributed by atoms with van der Waals surface area (Å²) in [6, 6.07) is 2.02. The largest absolute Gasteiger partial charge is 0.312 e. The number of likely N-dealkylation sites (N-methyl/N-ethyl adjacent to an activating group) is 1. The van der Waals surface area contributed by atoms with Crippen molar-refractivity contribution in [3.8, 4) is 0 Å². The summed E-state index contributed by atoms with van der Waals surface area (Å²) in [5.74, 6) is 1.57. The van der Waals surface area contributed by atoms with Crippen LogP contribution in [0.25, 0.3) is 0 Å². The van der Waals surface area contributed by atoms with Crippen LogP contribution in [0.1, 0.15) is 74.1 Å². The Labute approximate surface area is 134 Å². The molecule has 1 saturated carbocycles. The molecule has 4 atom stereocenters. The van der Waals surface area contributed by atoms with E-state index in [4.69, 9.17) is 0 Å². The summed E-state index contributed by atoms with van der Waals surface area (Å²) in [6.07, 6.45) is 5.29. The first-order valence-corrected chi connectivity index (χ1v) is 9.13. The van der Waals surface area contributed by atoms with Gasteiger partial charge in [0.15, 0.2) is 0 Å². The van der Waals surface area contributed by atoms with Gasteiger partial charge in [-0.25, -0.2) is 0 Å². The maximum Gasteiger partial charge on any atom is 0.0252 e. The molecule has 4 unspecified atom stereocenters. The molecule has 1 rings (SSSR count). The summed E-state index contributed by atoms with van der Waals surface area (Å²) < 4.78 is 0. The molecule has 1 fully saturated rings. The average Bonchev–Trinajstić information content (AvgIpc) is 2.42. The summed E-state index contributed by atoms with van der Waals surface area (Å²) in [5.41, 5.74) is 0.440. The first-order chi connectivity index (χ1) is 9.68. The standard InChI is InChI=1S/C19H40N2/c1-9-12-20-17-11-10-16(19(5,6)7)13-18(17)21(8)15(4)14(2)3/h14-18,20H,9-13H2,1-8H3. The summed E-state index contributed by atoms with van der Waals surface area (Å²) in [7, 11) is 2.35. The lowest BCUT2D eigenvalue weighted by Gasteiger charge is -2.47. The van der Waals surface area contributed by atoms with Crippen LogP contribution in [-0.4, -0.2) is 36.6 Å². The average molecular weight is 297 g/mol. The van der Waals surface area contributed by atoms with E-state index in [1.807, 2.05) is 0 Å². The highest BCUT2D eigenvalue weighted by Gasteiger charge is 2.38. The number of rotatable bonds is 6. The predicted octanol–water partition coefficient (Wildman–Crippen LogP) is 4.55. The zero-order valence-electron chi connectivity index (χ0n) is 15.9. The van der Waals surface area contributed by atoms with Gasteiger partial charge in [0, 0.05) is 18.1 Å². The first kappa shape index (κ1) is 19.0. The Hall–Kier alpha value is -0.0800. The normalized spacial score (nSPS) is 29.1. The quantitative estimate of drug-likeness (QED) is 0.774. The van der Waals surface area contributed by atoms with E-state index in [9.17, 15) is 0 Å². The monoisotopic (exact) mass is 296 g/mol. The molecule has 1 aliphatic rings. The van der Waals surface area contributed by atoms with Gasteiger partial charge < -0.3 is 5.32 Å². The minimum atomic E-state index is 0.440. The maximum atomic E-state index is 3.83. The molecule has 0 aromatic carbocycles. The summed E-state index contributed by atoms with van der Waals surface area (Å²) in [4.78, 5) is 2.66. The third kappa shape index (κ3) is 5.25. The Kier molecular flexibility index (Phi) is 7.19. The second kappa shape index (κ2) is 7.97. The fourth-order valence-corrected chi connectivity index (χ4v) is 3.72. The van der Waals surface area contributed by atoms with Crippen molar-refractivity contribution in [1.29, 1.82) is 0 Å². The van der Waals surface area contributed by atoms with Crippen molar-refractivity contribution in [3.63, 3.8) is 0 Å². The van der Waals surface area contributed by atoms with Gasteiger partial charge >= 0.3 is 0 Å². The maximum absolute atomic E-state index is 3.83. The van der Waals surface area contributed by atoms with Gasteiger partial charge in [0.2, 0.25) is 0 Å². The molecular weight excluding hydrogens is 256 g/mol. The Morgan fingerprint density at radius 1 is 1.14 bits per heavy atom. The molecule has 1 aliphatic carbocycles. The van der Waals surface area contributed by atoms with E-state index in [0.717, 1.165) is 18.4 Å². The lowest BCUT2D eigenvalue weighted by Crippen LogP contribution is -2.56. The van der Waals surface area contributed by atoms with Gasteiger partial charge in [-0.1, -0.05) is 41.5 Å². The molecule has 0 spiro atoms. The highest BCUT2D eigenvalue weighted by molar-refractivity contribution is 4.94. The second-order valence-corrected chi connectivity index (χ2v) is 8.65. The third-order valence-corrected chi connectivity index (χ3v) is 5.83. The van der Waals surface area contributed by atoms with Crippen LogP contribution >= 0.6 is 0 Å². The van der Waals surface area contributed by atoms with E-state index in [2.05, 4.69) is 65.7 Å². The Balaban J connectivity index is 2.82. The SMILES string of the molecule is CCCNC1CCC(C(C)(C)C)CC1N(C)C(C)C(C)C. The molecule has 0 aliphatic heterocycles. The molecule has 0 aromatic heterocycles. The lowest BCUT2D eigenvalue weighted by molar-refractivity contribution is 0.0423. The molecule has 0 aromatic rings. The third-order valence-electron chi connectivity index (χ3n) is 5.83. The Morgan fingerprint density at radius 3 is 2.24 bits per heavy atom. The minimum absolute atomic E-state index is 0.440. The van der Waals surface area contributed by atoms with Crippen LogP contribution < -0.4 is 5.32 Å². The highest BCUT2D eigenvalue weighted by Crippen LogP contribution is 2.39. The number of hydrogen-bond acceptors (Lipinski definition) is 2. The number of nitrogens with one attached hydrogen (secondary N) is 1. The smallest absolute Gasteiger partial charge is 0.0252 e. The van der Waals surface area contributed by atoms with E-state index in [0.29, 0.717) is 23.5 Å². The van der Waals surface area contributed by atoms with Gasteiger partial charge in [0.05, 0.1) is 0 Å². The minimum Gasteiger partial charge on any atom is -0.312 e. The van der Waals surface area contributed by atoms with Crippen LogP contribution in [0.2, 0.25) is 0 Å². The fraction of sp³-hybridized carbons (Fsp3) is 1.00. The van der Waals surface area contributed by atoms with E-state index in [1.54, 1.807) is 0 Å². The second-order valence-electron chi connectivity index (χ2n) is 8.65. The fourth-order valence-electron chi connectivity index (χ4n) is 3.72. The molecule has 0 amide bonds. The number of hydrogen-bond donors (Lipinski definition) is 1. The van der Waals surface area contributed by atoms with Gasteiger partial charge in [-0.3, -0.25) is 4.90 Å². The van der Waals surface area contributed by atoms with Gasteiger partial charge in [-0.15, -0.1) is 0 Å². The van der Waals surface area contributed by atoms with Crippen molar-refractivity contribution in [1.82, 2.24) is 10.2 Å². The summed E-state index contributed by atoms with van der Waals surface area (Å²) in [6.45, 7) is 17.8. The molecule has 21 heavy (non-hydrogen) atoms. The van der Waals surface area contributed by atoms with Crippen LogP contribution in [0.5, 0.6) is 0 Å². The van der Waals surface area contributed by atoms with Crippen molar-refractivity contribution in [2.45, 2.75) is 92.3 Å². The topological polar surface area (TPSA) is 15.3 Å². The molecule has 0 heterocycles. The molecule has 1 N–H and O–H groups in total. The zero-order valence-corrected chi connectivity index (χ0v) is 15.9. The van der Waals surface area contributed by atoms with Gasteiger partial charge in [-0.2, -0.15) is 0 Å². The van der Waals surface area contributed by atoms with Crippen molar-refractivity contribution in [2.75, 3.05) is 13.6 Å². The van der Waals surface area contributed by atoms with Gasteiger partial charge in [-0.05, 0) is 63.5 Å².